The Bertz CT molecular complexity index is 915. The minimum Gasteiger partial charge on any atom is -0.351 e. The van der Waals surface area contributed by atoms with Crippen molar-refractivity contribution in [2.45, 2.75) is 31.6 Å². The summed E-state index contributed by atoms with van der Waals surface area (Å²) in [6.45, 7) is 2.08. The van der Waals surface area contributed by atoms with Gasteiger partial charge in [-0.1, -0.05) is 11.9 Å². The second-order valence-electron chi connectivity index (χ2n) is 7.12. The molecule has 0 aliphatic carbocycles. The zero-order valence-electron chi connectivity index (χ0n) is 16.8. The van der Waals surface area contributed by atoms with Crippen LogP contribution in [0.4, 0.5) is 19.1 Å². The Morgan fingerprint density at radius 3 is 2.60 bits per heavy atom. The van der Waals surface area contributed by atoms with Gasteiger partial charge in [-0.3, -0.25) is 4.31 Å². The molecular formula is C18H22F3N7S2. The van der Waals surface area contributed by atoms with Gasteiger partial charge in [-0.05, 0) is 33.2 Å². The summed E-state index contributed by atoms with van der Waals surface area (Å²) < 4.78 is 43.2. The maximum absolute atomic E-state index is 13.6. The van der Waals surface area contributed by atoms with Crippen molar-refractivity contribution >= 4 is 29.2 Å². The highest BCUT2D eigenvalue weighted by atomic mass is 32.2. The predicted octanol–water partition coefficient (Wildman–Crippen LogP) is 3.71. The van der Waals surface area contributed by atoms with E-state index in [2.05, 4.69) is 24.6 Å². The monoisotopic (exact) mass is 457 g/mol. The summed E-state index contributed by atoms with van der Waals surface area (Å²) in [5, 5.41) is 13.0. The van der Waals surface area contributed by atoms with Crippen molar-refractivity contribution in [2.75, 3.05) is 38.8 Å². The van der Waals surface area contributed by atoms with Crippen molar-refractivity contribution in [3.8, 4) is 16.6 Å². The van der Waals surface area contributed by atoms with E-state index in [9.17, 15) is 18.4 Å². The Hall–Kier alpha value is -1.94. The van der Waals surface area contributed by atoms with E-state index in [1.54, 1.807) is 30.9 Å². The third-order valence-corrected chi connectivity index (χ3v) is 6.49. The van der Waals surface area contributed by atoms with Gasteiger partial charge >= 0.3 is 6.18 Å². The molecule has 0 radical (unpaired) electrons. The highest BCUT2D eigenvalue weighted by molar-refractivity contribution is 7.96. The first-order chi connectivity index (χ1) is 14.2. The molecule has 0 aromatic carbocycles. The molecular weight excluding hydrogens is 435 g/mol. The minimum atomic E-state index is -4.65. The van der Waals surface area contributed by atoms with E-state index >= 15 is 0 Å². The molecule has 0 saturated carbocycles. The molecule has 7 nitrogen and oxygen atoms in total. The summed E-state index contributed by atoms with van der Waals surface area (Å²) in [4.78, 5) is 13.8. The summed E-state index contributed by atoms with van der Waals surface area (Å²) in [5.74, 6) is 0.224. The van der Waals surface area contributed by atoms with Gasteiger partial charge in [-0.2, -0.15) is 18.4 Å². The van der Waals surface area contributed by atoms with Crippen molar-refractivity contribution < 1.29 is 13.2 Å². The van der Waals surface area contributed by atoms with Crippen molar-refractivity contribution in [1.29, 1.82) is 5.26 Å². The number of nitriles is 1. The molecule has 0 spiro atoms. The second kappa shape index (κ2) is 9.47. The number of aromatic nitrogens is 3. The molecule has 0 atom stereocenters. The van der Waals surface area contributed by atoms with Crippen LogP contribution in [0.25, 0.3) is 10.6 Å². The average Bonchev–Trinajstić information content (AvgIpc) is 3.12. The number of thiazole rings is 1. The largest absolute Gasteiger partial charge is 0.434 e. The topological polar surface area (TPSA) is 81.0 Å². The molecule has 3 rings (SSSR count). The van der Waals surface area contributed by atoms with Crippen LogP contribution in [0.5, 0.6) is 0 Å². The molecule has 1 aliphatic heterocycles. The lowest BCUT2D eigenvalue weighted by atomic mass is 10.1. The van der Waals surface area contributed by atoms with Gasteiger partial charge in [0.2, 0.25) is 5.95 Å². The fourth-order valence-corrected chi connectivity index (χ4v) is 4.91. The van der Waals surface area contributed by atoms with Gasteiger partial charge in [0, 0.05) is 25.7 Å². The Morgan fingerprint density at radius 2 is 2.03 bits per heavy atom. The predicted molar refractivity (Wildman–Crippen MR) is 112 cm³/mol. The number of hydrogen-bond acceptors (Lipinski definition) is 9. The second-order valence-corrected chi connectivity index (χ2v) is 9.08. The van der Waals surface area contributed by atoms with E-state index in [0.717, 1.165) is 37.3 Å². The van der Waals surface area contributed by atoms with Gasteiger partial charge in [0.05, 0.1) is 16.6 Å². The van der Waals surface area contributed by atoms with Crippen LogP contribution >= 0.6 is 23.3 Å². The number of nitrogens with zero attached hydrogens (tertiary/aromatic N) is 6. The fourth-order valence-electron chi connectivity index (χ4n) is 3.13. The van der Waals surface area contributed by atoms with Crippen LogP contribution < -0.4 is 5.32 Å². The lowest BCUT2D eigenvalue weighted by molar-refractivity contribution is -0.140. The number of rotatable bonds is 6. The first kappa shape index (κ1) is 22.7. The third kappa shape index (κ3) is 5.40. The molecule has 0 bridgehead atoms. The standard InChI is InChI=1S/C18H22F3N7S2/c1-27(2)10-13-25-16(18(19,20)21)15(30-13)14-11(8-22)9-23-17(26-14)24-12-4-6-28(29-3)7-5-12/h9,12H,4-7,10H2,1-3H3,(H,23,24,26). The highest BCUT2D eigenvalue weighted by Gasteiger charge is 2.39. The number of alkyl halides is 3. The zero-order chi connectivity index (χ0) is 21.9. The van der Waals surface area contributed by atoms with Gasteiger partial charge in [0.1, 0.15) is 16.8 Å². The lowest BCUT2D eigenvalue weighted by Crippen LogP contribution is -2.35. The number of anilines is 1. The van der Waals surface area contributed by atoms with E-state index in [-0.39, 0.29) is 34.7 Å². The van der Waals surface area contributed by atoms with Crippen LogP contribution in [0.3, 0.4) is 0 Å². The van der Waals surface area contributed by atoms with Crippen LogP contribution in [0.2, 0.25) is 0 Å². The van der Waals surface area contributed by atoms with Crippen molar-refractivity contribution in [3.05, 3.63) is 22.5 Å². The molecule has 0 unspecified atom stereocenters. The van der Waals surface area contributed by atoms with Gasteiger partial charge < -0.3 is 10.2 Å². The van der Waals surface area contributed by atoms with E-state index < -0.39 is 11.9 Å². The van der Waals surface area contributed by atoms with Crippen LogP contribution in [0.1, 0.15) is 29.1 Å². The van der Waals surface area contributed by atoms with E-state index in [4.69, 9.17) is 0 Å². The summed E-state index contributed by atoms with van der Waals surface area (Å²) in [7, 11) is 3.51. The van der Waals surface area contributed by atoms with E-state index in [1.165, 1.54) is 6.20 Å². The smallest absolute Gasteiger partial charge is 0.351 e. The minimum absolute atomic E-state index is 0.0108. The average molecular weight is 458 g/mol. The Balaban J connectivity index is 1.94. The summed E-state index contributed by atoms with van der Waals surface area (Å²) >= 11 is 2.60. The molecule has 12 heteroatoms. The molecule has 30 heavy (non-hydrogen) atoms. The number of hydrogen-bond donors (Lipinski definition) is 1. The summed E-state index contributed by atoms with van der Waals surface area (Å²) in [5.41, 5.74) is -1.06. The van der Waals surface area contributed by atoms with Crippen LogP contribution in [-0.4, -0.2) is 63.6 Å². The molecule has 3 heterocycles. The molecule has 1 N–H and O–H groups in total. The molecule has 2 aromatic rings. The van der Waals surface area contributed by atoms with Crippen molar-refractivity contribution in [1.82, 2.24) is 24.2 Å². The Labute approximate surface area is 181 Å². The molecule has 2 aromatic heterocycles. The zero-order valence-corrected chi connectivity index (χ0v) is 18.5. The van der Waals surface area contributed by atoms with Gasteiger partial charge in [0.15, 0.2) is 5.69 Å². The van der Waals surface area contributed by atoms with E-state index in [0.29, 0.717) is 5.01 Å². The normalized spacial score (nSPS) is 16.1. The molecule has 1 fully saturated rings. The van der Waals surface area contributed by atoms with Gasteiger partial charge in [-0.25, -0.2) is 15.0 Å². The van der Waals surface area contributed by atoms with Crippen LogP contribution in [0, 0.1) is 11.3 Å². The lowest BCUT2D eigenvalue weighted by Gasteiger charge is -2.30. The maximum atomic E-state index is 13.6. The number of piperidine rings is 1. The summed E-state index contributed by atoms with van der Waals surface area (Å²) in [6, 6.07) is 2.03. The Morgan fingerprint density at radius 1 is 1.33 bits per heavy atom. The molecule has 1 saturated heterocycles. The van der Waals surface area contributed by atoms with Crippen molar-refractivity contribution in [2.24, 2.45) is 0 Å². The Kier molecular flexibility index (Phi) is 7.18. The van der Waals surface area contributed by atoms with Crippen LogP contribution in [-0.2, 0) is 12.7 Å². The third-order valence-electron chi connectivity index (χ3n) is 4.56. The fraction of sp³-hybridized carbons (Fsp3) is 0.556. The molecule has 162 valence electrons. The number of nitrogens with one attached hydrogen (secondary N) is 1. The molecule has 0 amide bonds. The van der Waals surface area contributed by atoms with Gasteiger partial charge in [-0.15, -0.1) is 11.3 Å². The number of halogens is 3. The van der Waals surface area contributed by atoms with E-state index in [1.807, 2.05) is 12.3 Å². The first-order valence-electron chi connectivity index (χ1n) is 9.26. The quantitative estimate of drug-likeness (QED) is 0.658. The summed E-state index contributed by atoms with van der Waals surface area (Å²) in [6.07, 6.45) is 0.406. The highest BCUT2D eigenvalue weighted by Crippen LogP contribution is 2.41. The molecule has 1 aliphatic rings. The maximum Gasteiger partial charge on any atom is 0.434 e. The first-order valence-corrected chi connectivity index (χ1v) is 11.3. The van der Waals surface area contributed by atoms with Crippen LogP contribution in [0.15, 0.2) is 6.20 Å². The van der Waals surface area contributed by atoms with Crippen molar-refractivity contribution in [3.63, 3.8) is 0 Å². The van der Waals surface area contributed by atoms with Gasteiger partial charge in [0.25, 0.3) is 0 Å². The SMILES string of the molecule is CSN1CCC(Nc2ncc(C#N)c(-c3sc(CN(C)C)nc3C(F)(F)F)n2)CC1.